The molecule has 1 aromatic heterocycles. The highest BCUT2D eigenvalue weighted by Crippen LogP contribution is 2.11. The summed E-state index contributed by atoms with van der Waals surface area (Å²) in [5.41, 5.74) is 2.57. The maximum absolute atomic E-state index is 13.6. The third-order valence-corrected chi connectivity index (χ3v) is 4.05. The van der Waals surface area contributed by atoms with Gasteiger partial charge in [0, 0.05) is 25.5 Å². The van der Waals surface area contributed by atoms with E-state index in [1.54, 1.807) is 42.6 Å². The van der Waals surface area contributed by atoms with Gasteiger partial charge in [0.05, 0.1) is 11.3 Å². The SMILES string of the molecule is O=C(NCCc1ccccc1F)c1cncc(NCc2ccc(F)cc2)c1. The van der Waals surface area contributed by atoms with Gasteiger partial charge in [0.15, 0.2) is 0 Å². The Hall–Kier alpha value is -3.28. The zero-order valence-electron chi connectivity index (χ0n) is 14.6. The van der Waals surface area contributed by atoms with Crippen LogP contribution in [0.1, 0.15) is 21.5 Å². The number of carbonyl (C=O) groups is 1. The molecule has 0 spiro atoms. The van der Waals surface area contributed by atoms with E-state index in [4.69, 9.17) is 0 Å². The van der Waals surface area contributed by atoms with Crippen LogP contribution in [0.25, 0.3) is 0 Å². The molecule has 1 amide bonds. The molecule has 0 bridgehead atoms. The number of nitrogens with zero attached hydrogens (tertiary/aromatic N) is 1. The first-order chi connectivity index (χ1) is 13.1. The number of nitrogens with one attached hydrogen (secondary N) is 2. The number of rotatable bonds is 7. The van der Waals surface area contributed by atoms with Crippen LogP contribution in [0, 0.1) is 11.6 Å². The smallest absolute Gasteiger partial charge is 0.252 e. The molecule has 0 fully saturated rings. The molecular formula is C21H19F2N3O. The van der Waals surface area contributed by atoms with Crippen molar-refractivity contribution < 1.29 is 13.6 Å². The fourth-order valence-corrected chi connectivity index (χ4v) is 2.58. The number of amides is 1. The normalized spacial score (nSPS) is 10.4. The van der Waals surface area contributed by atoms with Crippen molar-refractivity contribution in [3.63, 3.8) is 0 Å². The minimum Gasteiger partial charge on any atom is -0.380 e. The Kier molecular flexibility index (Phi) is 6.10. The lowest BCUT2D eigenvalue weighted by Gasteiger charge is -2.09. The van der Waals surface area contributed by atoms with Gasteiger partial charge in [-0.2, -0.15) is 0 Å². The number of hydrogen-bond acceptors (Lipinski definition) is 3. The molecule has 4 nitrogen and oxygen atoms in total. The topological polar surface area (TPSA) is 54.0 Å². The summed E-state index contributed by atoms with van der Waals surface area (Å²) in [5, 5.41) is 5.92. The van der Waals surface area contributed by atoms with Crippen molar-refractivity contribution in [1.82, 2.24) is 10.3 Å². The van der Waals surface area contributed by atoms with Gasteiger partial charge >= 0.3 is 0 Å². The second-order valence-electron chi connectivity index (χ2n) is 6.04. The van der Waals surface area contributed by atoms with E-state index in [0.29, 0.717) is 36.3 Å². The van der Waals surface area contributed by atoms with Crippen LogP contribution in [0.3, 0.4) is 0 Å². The van der Waals surface area contributed by atoms with Crippen molar-refractivity contribution in [3.05, 3.63) is 95.3 Å². The molecule has 0 aliphatic rings. The average Bonchev–Trinajstić information content (AvgIpc) is 2.69. The average molecular weight is 367 g/mol. The monoisotopic (exact) mass is 367 g/mol. The first-order valence-electron chi connectivity index (χ1n) is 8.57. The zero-order chi connectivity index (χ0) is 19.1. The highest BCUT2D eigenvalue weighted by molar-refractivity contribution is 5.94. The van der Waals surface area contributed by atoms with Crippen LogP contribution >= 0.6 is 0 Å². The van der Waals surface area contributed by atoms with Crippen LogP contribution in [0.2, 0.25) is 0 Å². The van der Waals surface area contributed by atoms with Gasteiger partial charge in [-0.1, -0.05) is 30.3 Å². The molecule has 0 saturated heterocycles. The lowest BCUT2D eigenvalue weighted by molar-refractivity contribution is 0.0953. The van der Waals surface area contributed by atoms with E-state index in [0.717, 1.165) is 5.56 Å². The Labute approximate surface area is 156 Å². The summed E-state index contributed by atoms with van der Waals surface area (Å²) in [6.45, 7) is 0.813. The van der Waals surface area contributed by atoms with E-state index >= 15 is 0 Å². The first-order valence-corrected chi connectivity index (χ1v) is 8.57. The number of pyridine rings is 1. The second kappa shape index (κ2) is 8.89. The third-order valence-electron chi connectivity index (χ3n) is 4.05. The Bertz CT molecular complexity index is 913. The van der Waals surface area contributed by atoms with Crippen LogP contribution in [0.15, 0.2) is 67.0 Å². The van der Waals surface area contributed by atoms with Crippen LogP contribution in [-0.2, 0) is 13.0 Å². The zero-order valence-corrected chi connectivity index (χ0v) is 14.6. The minimum absolute atomic E-state index is 0.274. The first kappa shape index (κ1) is 18.5. The number of carbonyl (C=O) groups excluding carboxylic acids is 1. The van der Waals surface area contributed by atoms with E-state index in [-0.39, 0.29) is 17.5 Å². The van der Waals surface area contributed by atoms with Crippen molar-refractivity contribution in [2.75, 3.05) is 11.9 Å². The van der Waals surface area contributed by atoms with Gasteiger partial charge < -0.3 is 10.6 Å². The molecule has 138 valence electrons. The molecule has 27 heavy (non-hydrogen) atoms. The standard InChI is InChI=1S/C21H19F2N3O/c22-18-7-5-15(6-8-18)12-26-19-11-17(13-24-14-19)21(27)25-10-9-16-3-1-2-4-20(16)23/h1-8,11,13-14,26H,9-10,12H2,(H,25,27). The quantitative estimate of drug-likeness (QED) is 0.665. The Balaban J connectivity index is 1.53. The molecule has 3 rings (SSSR count). The van der Waals surface area contributed by atoms with Crippen LogP contribution in [0.5, 0.6) is 0 Å². The van der Waals surface area contributed by atoms with Crippen LogP contribution in [0.4, 0.5) is 14.5 Å². The Morgan fingerprint density at radius 2 is 1.78 bits per heavy atom. The van der Waals surface area contributed by atoms with Crippen molar-refractivity contribution in [2.24, 2.45) is 0 Å². The van der Waals surface area contributed by atoms with E-state index in [1.807, 2.05) is 0 Å². The summed E-state index contributed by atoms with van der Waals surface area (Å²) in [4.78, 5) is 16.3. The summed E-state index contributed by atoms with van der Waals surface area (Å²) in [7, 11) is 0. The molecule has 0 radical (unpaired) electrons. The predicted octanol–water partition coefficient (Wildman–Crippen LogP) is 3.94. The van der Waals surface area contributed by atoms with Crippen LogP contribution in [-0.4, -0.2) is 17.4 Å². The number of benzene rings is 2. The summed E-state index contributed by atoms with van der Waals surface area (Å²) in [6.07, 6.45) is 3.50. The lowest BCUT2D eigenvalue weighted by Crippen LogP contribution is -2.26. The number of anilines is 1. The summed E-state index contributed by atoms with van der Waals surface area (Å²) < 4.78 is 26.5. The molecule has 0 unspecified atom stereocenters. The molecule has 2 aromatic carbocycles. The van der Waals surface area contributed by atoms with Crippen molar-refractivity contribution in [3.8, 4) is 0 Å². The van der Waals surface area contributed by atoms with Crippen molar-refractivity contribution >= 4 is 11.6 Å². The number of aromatic nitrogens is 1. The summed E-state index contributed by atoms with van der Waals surface area (Å²) >= 11 is 0. The highest BCUT2D eigenvalue weighted by atomic mass is 19.1. The molecule has 0 aliphatic carbocycles. The molecule has 0 saturated carbocycles. The van der Waals surface area contributed by atoms with E-state index in [1.165, 1.54) is 24.4 Å². The fraction of sp³-hybridized carbons (Fsp3) is 0.143. The van der Waals surface area contributed by atoms with Gasteiger partial charge in [0.2, 0.25) is 0 Å². The fourth-order valence-electron chi connectivity index (χ4n) is 2.58. The largest absolute Gasteiger partial charge is 0.380 e. The maximum Gasteiger partial charge on any atom is 0.252 e. The van der Waals surface area contributed by atoms with E-state index in [2.05, 4.69) is 15.6 Å². The summed E-state index contributed by atoms with van der Waals surface area (Å²) in [6, 6.07) is 14.4. The second-order valence-corrected chi connectivity index (χ2v) is 6.04. The number of halogens is 2. The van der Waals surface area contributed by atoms with E-state index < -0.39 is 0 Å². The highest BCUT2D eigenvalue weighted by Gasteiger charge is 2.08. The van der Waals surface area contributed by atoms with Crippen molar-refractivity contribution in [2.45, 2.75) is 13.0 Å². The van der Waals surface area contributed by atoms with Gasteiger partial charge in [-0.25, -0.2) is 8.78 Å². The molecule has 0 atom stereocenters. The molecule has 3 aromatic rings. The van der Waals surface area contributed by atoms with Gasteiger partial charge in [-0.05, 0) is 41.8 Å². The van der Waals surface area contributed by atoms with Gasteiger partial charge in [-0.3, -0.25) is 9.78 Å². The Morgan fingerprint density at radius 1 is 1.00 bits per heavy atom. The molecule has 6 heteroatoms. The van der Waals surface area contributed by atoms with E-state index in [9.17, 15) is 13.6 Å². The number of hydrogen-bond donors (Lipinski definition) is 2. The lowest BCUT2D eigenvalue weighted by atomic mass is 10.1. The molecule has 1 heterocycles. The Morgan fingerprint density at radius 3 is 2.56 bits per heavy atom. The summed E-state index contributed by atoms with van der Waals surface area (Å²) in [5.74, 6) is -0.834. The van der Waals surface area contributed by atoms with Gasteiger partial charge in [-0.15, -0.1) is 0 Å². The third kappa shape index (κ3) is 5.34. The van der Waals surface area contributed by atoms with Gasteiger partial charge in [0.25, 0.3) is 5.91 Å². The maximum atomic E-state index is 13.6. The molecule has 0 aliphatic heterocycles. The van der Waals surface area contributed by atoms with Gasteiger partial charge in [0.1, 0.15) is 11.6 Å². The van der Waals surface area contributed by atoms with Crippen molar-refractivity contribution in [1.29, 1.82) is 0 Å². The minimum atomic E-state index is -0.283. The predicted molar refractivity (Wildman–Crippen MR) is 100 cm³/mol. The molecular weight excluding hydrogens is 348 g/mol. The van der Waals surface area contributed by atoms with Crippen LogP contribution < -0.4 is 10.6 Å². The molecule has 2 N–H and O–H groups in total.